The third-order valence-corrected chi connectivity index (χ3v) is 6.84. The van der Waals surface area contributed by atoms with Crippen LogP contribution in [0.25, 0.3) is 0 Å². The lowest BCUT2D eigenvalue weighted by Crippen LogP contribution is -2.48. The second-order valence-electron chi connectivity index (χ2n) is 7.80. The van der Waals surface area contributed by atoms with Crippen molar-refractivity contribution in [2.24, 2.45) is 28.8 Å². The van der Waals surface area contributed by atoms with Crippen LogP contribution in [0, 0.1) is 23.7 Å². The monoisotopic (exact) mass is 319 g/mol. The molecule has 4 rings (SSSR count). The molecule has 4 aliphatic rings. The molecule has 1 N–H and O–H groups in total. The average Bonchev–Trinajstić information content (AvgIpc) is 3.10. The van der Waals surface area contributed by atoms with Crippen LogP contribution in [0.15, 0.2) is 16.8 Å². The summed E-state index contributed by atoms with van der Waals surface area (Å²) < 4.78 is 11.5. The van der Waals surface area contributed by atoms with Gasteiger partial charge in [0, 0.05) is 5.92 Å². The van der Waals surface area contributed by atoms with Crippen LogP contribution in [0.2, 0.25) is 0 Å². The molecule has 5 nitrogen and oxygen atoms in total. The van der Waals surface area contributed by atoms with E-state index in [-0.39, 0.29) is 17.7 Å². The van der Waals surface area contributed by atoms with Crippen molar-refractivity contribution in [1.82, 2.24) is 0 Å². The molecule has 3 fully saturated rings. The molecule has 0 aromatic heterocycles. The van der Waals surface area contributed by atoms with E-state index in [9.17, 15) is 10.0 Å². The molecule has 2 saturated carbocycles. The quantitative estimate of drug-likeness (QED) is 0.458. The van der Waals surface area contributed by atoms with Gasteiger partial charge in [-0.2, -0.15) is 0 Å². The molecule has 2 aliphatic carbocycles. The second-order valence-corrected chi connectivity index (χ2v) is 7.80. The van der Waals surface area contributed by atoms with E-state index in [0.29, 0.717) is 30.3 Å². The van der Waals surface area contributed by atoms with Gasteiger partial charge in [0.15, 0.2) is 0 Å². The highest BCUT2D eigenvalue weighted by molar-refractivity contribution is 5.91. The van der Waals surface area contributed by atoms with Gasteiger partial charge < -0.3 is 14.7 Å². The fourth-order valence-corrected chi connectivity index (χ4v) is 5.57. The highest BCUT2D eigenvalue weighted by Crippen LogP contribution is 2.56. The van der Waals surface area contributed by atoms with E-state index >= 15 is 0 Å². The smallest absolute Gasteiger partial charge is 0.336 e. The van der Waals surface area contributed by atoms with Crippen LogP contribution in [-0.2, 0) is 14.3 Å². The van der Waals surface area contributed by atoms with Gasteiger partial charge in [0.25, 0.3) is 0 Å². The van der Waals surface area contributed by atoms with Gasteiger partial charge >= 0.3 is 5.97 Å². The van der Waals surface area contributed by atoms with Crippen molar-refractivity contribution in [2.75, 3.05) is 6.61 Å². The normalized spacial score (nSPS) is 47.9. The number of esters is 1. The van der Waals surface area contributed by atoms with Gasteiger partial charge in [0.05, 0.1) is 23.0 Å². The number of fused-ring (bicyclic) bond motifs is 3. The predicted molar refractivity (Wildman–Crippen MR) is 84.3 cm³/mol. The Hall–Kier alpha value is -1.36. The van der Waals surface area contributed by atoms with Crippen molar-refractivity contribution in [2.45, 2.75) is 57.7 Å². The Balaban J connectivity index is 1.58. The first kappa shape index (κ1) is 15.2. The largest absolute Gasteiger partial charge is 0.458 e. The molecule has 0 aromatic carbocycles. The molecule has 1 saturated heterocycles. The van der Waals surface area contributed by atoms with Crippen molar-refractivity contribution < 1.29 is 19.5 Å². The standard InChI is InChI=1S/C18H25NO4/c1-10-11-5-7-18(2)14(12(11)3-4-15(10)19-21)9-16(23-18)13-6-8-22-17(13)20/h6,10-12,14,16,21H,3-5,7-9H2,1-2H3/b19-15+. The van der Waals surface area contributed by atoms with E-state index in [0.717, 1.165) is 43.4 Å². The van der Waals surface area contributed by atoms with Crippen molar-refractivity contribution in [3.8, 4) is 0 Å². The first-order valence-corrected chi connectivity index (χ1v) is 8.79. The third-order valence-electron chi connectivity index (χ3n) is 6.84. The Bertz CT molecular complexity index is 584. The molecule has 0 aromatic rings. The van der Waals surface area contributed by atoms with Crippen LogP contribution in [-0.4, -0.2) is 35.2 Å². The summed E-state index contributed by atoms with van der Waals surface area (Å²) in [4.78, 5) is 11.9. The molecule has 2 aliphatic heterocycles. The number of hydrogen-bond donors (Lipinski definition) is 1. The lowest BCUT2D eigenvalue weighted by atomic mass is 9.57. The van der Waals surface area contributed by atoms with E-state index in [4.69, 9.17) is 9.47 Å². The van der Waals surface area contributed by atoms with E-state index in [1.165, 1.54) is 0 Å². The number of hydrogen-bond acceptors (Lipinski definition) is 5. The first-order valence-electron chi connectivity index (χ1n) is 8.79. The first-order chi connectivity index (χ1) is 11.0. The minimum absolute atomic E-state index is 0.109. The molecule has 126 valence electrons. The number of carbonyl (C=O) groups is 1. The van der Waals surface area contributed by atoms with Crippen molar-refractivity contribution in [3.05, 3.63) is 11.6 Å². The number of carbonyl (C=O) groups excluding carboxylic acids is 1. The fraction of sp³-hybridized carbons (Fsp3) is 0.778. The van der Waals surface area contributed by atoms with Crippen molar-refractivity contribution in [3.63, 3.8) is 0 Å². The molecule has 2 heterocycles. The number of nitrogens with zero attached hydrogens (tertiary/aromatic N) is 1. The summed E-state index contributed by atoms with van der Waals surface area (Å²) >= 11 is 0. The highest BCUT2D eigenvalue weighted by Gasteiger charge is 2.56. The minimum Gasteiger partial charge on any atom is -0.458 e. The van der Waals surface area contributed by atoms with Gasteiger partial charge in [0.2, 0.25) is 0 Å². The number of oxime groups is 1. The molecule has 6 unspecified atom stereocenters. The summed E-state index contributed by atoms with van der Waals surface area (Å²) in [6.07, 6.45) is 6.74. The zero-order valence-corrected chi connectivity index (χ0v) is 13.8. The molecule has 0 amide bonds. The summed E-state index contributed by atoms with van der Waals surface area (Å²) in [5.41, 5.74) is 1.54. The summed E-state index contributed by atoms with van der Waals surface area (Å²) in [6, 6.07) is 0. The number of ether oxygens (including phenoxy) is 2. The van der Waals surface area contributed by atoms with Crippen LogP contribution >= 0.6 is 0 Å². The molecular formula is C18H25NO4. The summed E-state index contributed by atoms with van der Waals surface area (Å²) in [6.45, 7) is 4.79. The molecule has 0 bridgehead atoms. The Morgan fingerprint density at radius 3 is 2.87 bits per heavy atom. The van der Waals surface area contributed by atoms with E-state index < -0.39 is 0 Å². The van der Waals surface area contributed by atoms with Crippen molar-refractivity contribution >= 4 is 11.7 Å². The Morgan fingerprint density at radius 1 is 1.35 bits per heavy atom. The average molecular weight is 319 g/mol. The van der Waals surface area contributed by atoms with Crippen LogP contribution in [0.5, 0.6) is 0 Å². The molecule has 23 heavy (non-hydrogen) atoms. The van der Waals surface area contributed by atoms with Gasteiger partial charge in [-0.25, -0.2) is 4.79 Å². The van der Waals surface area contributed by atoms with Gasteiger partial charge in [-0.1, -0.05) is 12.1 Å². The Kier molecular flexibility index (Phi) is 3.52. The third kappa shape index (κ3) is 2.24. The summed E-state index contributed by atoms with van der Waals surface area (Å²) in [5, 5.41) is 12.7. The highest BCUT2D eigenvalue weighted by atomic mass is 16.5. The maximum atomic E-state index is 11.9. The van der Waals surface area contributed by atoms with Crippen LogP contribution in [0.1, 0.15) is 46.0 Å². The number of rotatable bonds is 1. The molecule has 0 spiro atoms. The topological polar surface area (TPSA) is 68.1 Å². The lowest BCUT2D eigenvalue weighted by molar-refractivity contribution is -0.138. The maximum Gasteiger partial charge on any atom is 0.336 e. The molecule has 0 radical (unpaired) electrons. The predicted octanol–water partition coefficient (Wildman–Crippen LogP) is 2.92. The van der Waals surface area contributed by atoms with Crippen LogP contribution < -0.4 is 0 Å². The lowest BCUT2D eigenvalue weighted by Gasteiger charge is -2.49. The summed E-state index contributed by atoms with van der Waals surface area (Å²) in [5.74, 6) is 1.78. The zero-order valence-electron chi connectivity index (χ0n) is 13.8. The van der Waals surface area contributed by atoms with Gasteiger partial charge in [-0.15, -0.1) is 0 Å². The van der Waals surface area contributed by atoms with Crippen LogP contribution in [0.3, 0.4) is 0 Å². The molecule has 6 atom stereocenters. The van der Waals surface area contributed by atoms with Gasteiger partial charge in [-0.05, 0) is 62.9 Å². The zero-order chi connectivity index (χ0) is 16.2. The second kappa shape index (κ2) is 5.33. The van der Waals surface area contributed by atoms with E-state index in [1.54, 1.807) is 0 Å². The maximum absolute atomic E-state index is 11.9. The fourth-order valence-electron chi connectivity index (χ4n) is 5.57. The van der Waals surface area contributed by atoms with Crippen molar-refractivity contribution in [1.29, 1.82) is 0 Å². The van der Waals surface area contributed by atoms with E-state index in [2.05, 4.69) is 19.0 Å². The van der Waals surface area contributed by atoms with Gasteiger partial charge in [0.1, 0.15) is 6.61 Å². The number of cyclic esters (lactones) is 1. The van der Waals surface area contributed by atoms with Gasteiger partial charge in [-0.3, -0.25) is 0 Å². The Morgan fingerprint density at radius 2 is 2.17 bits per heavy atom. The summed E-state index contributed by atoms with van der Waals surface area (Å²) in [7, 11) is 0. The Labute approximate surface area is 136 Å². The van der Waals surface area contributed by atoms with E-state index in [1.807, 2.05) is 6.08 Å². The SMILES string of the molecule is CC1/C(=N/O)CCC2C1CCC1(C)OC(C3=CCOC3=O)CC21. The minimum atomic E-state index is -0.208. The molecular weight excluding hydrogens is 294 g/mol. The molecule has 5 heteroatoms. The van der Waals surface area contributed by atoms with Crippen LogP contribution in [0.4, 0.5) is 0 Å².